The van der Waals surface area contributed by atoms with Crippen molar-refractivity contribution in [3.8, 4) is 0 Å². The van der Waals surface area contributed by atoms with Crippen LogP contribution in [0.4, 0.5) is 18.9 Å². The van der Waals surface area contributed by atoms with Gasteiger partial charge in [-0.05, 0) is 70.3 Å². The molecule has 0 aliphatic carbocycles. The maximum atomic E-state index is 15.7. The molecule has 3 aliphatic heterocycles. The predicted molar refractivity (Wildman–Crippen MR) is 150 cm³/mol. The van der Waals surface area contributed by atoms with Crippen LogP contribution in [0.1, 0.15) is 62.6 Å². The highest BCUT2D eigenvalue weighted by atomic mass is 35.5. The monoisotopic (exact) mass is 574 g/mol. The predicted octanol–water partition coefficient (Wildman–Crippen LogP) is 6.14. The number of esters is 1. The molecule has 2 saturated heterocycles. The molecule has 0 aromatic heterocycles. The average Bonchev–Trinajstić information content (AvgIpc) is 2.93. The van der Waals surface area contributed by atoms with Crippen molar-refractivity contribution < 1.29 is 22.7 Å². The third-order valence-electron chi connectivity index (χ3n) is 7.68. The molecule has 1 unspecified atom stereocenters. The Morgan fingerprint density at radius 2 is 1.70 bits per heavy atom. The molecule has 0 radical (unpaired) electrons. The van der Waals surface area contributed by atoms with Gasteiger partial charge in [0.1, 0.15) is 29.3 Å². The minimum absolute atomic E-state index is 0.0879. The number of likely N-dealkylation sites (tertiary alicyclic amines) is 1. The fourth-order valence-electron chi connectivity index (χ4n) is 5.76. The van der Waals surface area contributed by atoms with Crippen LogP contribution in [0.2, 0.25) is 5.02 Å². The first-order valence-corrected chi connectivity index (χ1v) is 14.4. The summed E-state index contributed by atoms with van der Waals surface area (Å²) in [6, 6.07) is 5.10. The standard InChI is InChI=1S/C30H34ClF3N4O2/c1-2-40-30(39)27-24(18-37-11-5-3-6-12-37)35-29(36-28(27)21-10-9-19(32)15-22(21)31)26-23(34)16-20(33)17-25(26)38-13-7-4-8-14-38/h9-10,15-17,28H,2-8,11-14,18H2,1H3,(H,35,36). The Morgan fingerprint density at radius 3 is 2.38 bits per heavy atom. The van der Waals surface area contributed by atoms with Crippen LogP contribution in [0.15, 0.2) is 46.6 Å². The summed E-state index contributed by atoms with van der Waals surface area (Å²) < 4.78 is 49.7. The van der Waals surface area contributed by atoms with Gasteiger partial charge in [-0.1, -0.05) is 24.1 Å². The number of hydrogen-bond donors (Lipinski definition) is 1. The van der Waals surface area contributed by atoms with Crippen LogP contribution in [-0.2, 0) is 9.53 Å². The maximum Gasteiger partial charge on any atom is 0.338 e. The third kappa shape index (κ3) is 6.15. The number of ether oxygens (including phenoxy) is 1. The van der Waals surface area contributed by atoms with Gasteiger partial charge < -0.3 is 15.0 Å². The summed E-state index contributed by atoms with van der Waals surface area (Å²) in [7, 11) is 0. The molecule has 0 spiro atoms. The van der Waals surface area contributed by atoms with E-state index in [-0.39, 0.29) is 28.6 Å². The molecule has 1 N–H and O–H groups in total. The fourth-order valence-corrected chi connectivity index (χ4v) is 6.04. The molecular formula is C30H34ClF3N4O2. The van der Waals surface area contributed by atoms with Gasteiger partial charge in [0.2, 0.25) is 0 Å². The molecule has 2 fully saturated rings. The van der Waals surface area contributed by atoms with Crippen molar-refractivity contribution >= 4 is 29.1 Å². The van der Waals surface area contributed by atoms with Crippen LogP contribution >= 0.6 is 11.6 Å². The Bertz CT molecular complexity index is 1320. The molecule has 3 heterocycles. The summed E-state index contributed by atoms with van der Waals surface area (Å²) in [5.41, 5.74) is 1.69. The van der Waals surface area contributed by atoms with E-state index in [2.05, 4.69) is 10.2 Å². The summed E-state index contributed by atoms with van der Waals surface area (Å²) in [6.07, 6.45) is 6.08. The van der Waals surface area contributed by atoms with E-state index in [1.807, 2.05) is 4.90 Å². The van der Waals surface area contributed by atoms with Crippen LogP contribution < -0.4 is 10.2 Å². The Hall–Kier alpha value is -3.04. The number of halogens is 4. The smallest absolute Gasteiger partial charge is 0.338 e. The first kappa shape index (κ1) is 28.5. The third-order valence-corrected chi connectivity index (χ3v) is 8.00. The quantitative estimate of drug-likeness (QED) is 0.403. The van der Waals surface area contributed by atoms with Crippen molar-refractivity contribution in [3.63, 3.8) is 0 Å². The lowest BCUT2D eigenvalue weighted by Crippen LogP contribution is -2.42. The molecule has 2 aromatic carbocycles. The molecule has 1 atom stereocenters. The summed E-state index contributed by atoms with van der Waals surface area (Å²) in [5.74, 6) is -2.37. The Kier molecular flexibility index (Phi) is 9.00. The molecule has 0 bridgehead atoms. The van der Waals surface area contributed by atoms with Gasteiger partial charge >= 0.3 is 5.97 Å². The number of benzene rings is 2. The second-order valence-electron chi connectivity index (χ2n) is 10.5. The number of amidine groups is 1. The minimum Gasteiger partial charge on any atom is -0.463 e. The first-order valence-electron chi connectivity index (χ1n) is 14.0. The van der Waals surface area contributed by atoms with Crippen molar-refractivity contribution in [2.45, 2.75) is 51.5 Å². The molecule has 10 heteroatoms. The normalized spacial score (nSPS) is 20.3. The fraction of sp³-hybridized carbons (Fsp3) is 0.467. The van der Waals surface area contributed by atoms with E-state index >= 15 is 4.39 Å². The molecule has 214 valence electrons. The number of hydrogen-bond acceptors (Lipinski definition) is 6. The zero-order valence-corrected chi connectivity index (χ0v) is 23.4. The topological polar surface area (TPSA) is 57.2 Å². The molecule has 3 aliphatic rings. The lowest BCUT2D eigenvalue weighted by Gasteiger charge is -2.35. The molecule has 40 heavy (non-hydrogen) atoms. The largest absolute Gasteiger partial charge is 0.463 e. The van der Waals surface area contributed by atoms with Crippen LogP contribution in [0.3, 0.4) is 0 Å². The van der Waals surface area contributed by atoms with Crippen molar-refractivity contribution in [1.29, 1.82) is 0 Å². The zero-order valence-electron chi connectivity index (χ0n) is 22.6. The highest BCUT2D eigenvalue weighted by molar-refractivity contribution is 6.31. The molecule has 0 amide bonds. The van der Waals surface area contributed by atoms with Crippen molar-refractivity contribution in [1.82, 2.24) is 10.2 Å². The van der Waals surface area contributed by atoms with Crippen LogP contribution in [-0.4, -0.2) is 56.0 Å². The van der Waals surface area contributed by atoms with E-state index in [9.17, 15) is 13.6 Å². The second kappa shape index (κ2) is 12.6. The number of nitrogens with zero attached hydrogens (tertiary/aromatic N) is 3. The molecular weight excluding hydrogens is 541 g/mol. The van der Waals surface area contributed by atoms with Gasteiger partial charge in [-0.2, -0.15) is 0 Å². The number of aliphatic imine (C=N–C) groups is 1. The zero-order chi connectivity index (χ0) is 28.2. The average molecular weight is 575 g/mol. The highest BCUT2D eigenvalue weighted by Gasteiger charge is 2.36. The Morgan fingerprint density at radius 1 is 1.00 bits per heavy atom. The maximum absolute atomic E-state index is 15.7. The van der Waals surface area contributed by atoms with E-state index in [1.54, 1.807) is 6.92 Å². The highest BCUT2D eigenvalue weighted by Crippen LogP contribution is 2.38. The number of nitrogens with one attached hydrogen (secondary N) is 1. The van der Waals surface area contributed by atoms with Crippen LogP contribution in [0.5, 0.6) is 0 Å². The number of rotatable bonds is 7. The van der Waals surface area contributed by atoms with Crippen molar-refractivity contribution in [3.05, 3.63) is 75.2 Å². The number of carbonyl (C=O) groups excluding carboxylic acids is 1. The van der Waals surface area contributed by atoms with Gasteiger partial charge in [-0.25, -0.2) is 18.0 Å². The second-order valence-corrected chi connectivity index (χ2v) is 10.9. The van der Waals surface area contributed by atoms with Crippen LogP contribution in [0.25, 0.3) is 0 Å². The molecule has 2 aromatic rings. The van der Waals surface area contributed by atoms with E-state index in [0.717, 1.165) is 57.7 Å². The van der Waals surface area contributed by atoms with Gasteiger partial charge in [0.05, 0.1) is 23.4 Å². The molecule has 0 saturated carbocycles. The molecule has 6 nitrogen and oxygen atoms in total. The van der Waals surface area contributed by atoms with Gasteiger partial charge in [0.15, 0.2) is 0 Å². The van der Waals surface area contributed by atoms with Gasteiger partial charge in [-0.3, -0.25) is 9.89 Å². The first-order chi connectivity index (χ1) is 19.4. The van der Waals surface area contributed by atoms with E-state index in [0.29, 0.717) is 36.6 Å². The Balaban J connectivity index is 1.68. The van der Waals surface area contributed by atoms with Gasteiger partial charge in [0.25, 0.3) is 0 Å². The van der Waals surface area contributed by atoms with E-state index in [4.69, 9.17) is 21.3 Å². The Labute approximate surface area is 237 Å². The number of piperidine rings is 2. The number of carbonyl (C=O) groups is 1. The van der Waals surface area contributed by atoms with Crippen LogP contribution in [0, 0.1) is 17.5 Å². The summed E-state index contributed by atoms with van der Waals surface area (Å²) in [4.78, 5) is 22.4. The molecule has 5 rings (SSSR count). The van der Waals surface area contributed by atoms with E-state index in [1.165, 1.54) is 24.3 Å². The summed E-state index contributed by atoms with van der Waals surface area (Å²) in [5, 5.41) is 3.35. The SMILES string of the molecule is CCOC(=O)C1=C(CN2CCCCC2)NC(c2c(F)cc(F)cc2N2CCCCC2)=NC1c1ccc(F)cc1Cl. The van der Waals surface area contributed by atoms with Gasteiger partial charge in [0, 0.05) is 42.0 Å². The minimum atomic E-state index is -0.984. The lowest BCUT2D eigenvalue weighted by molar-refractivity contribution is -0.139. The van der Waals surface area contributed by atoms with Gasteiger partial charge in [-0.15, -0.1) is 0 Å². The summed E-state index contributed by atoms with van der Waals surface area (Å²) >= 11 is 6.50. The number of anilines is 1. The lowest BCUT2D eigenvalue weighted by atomic mass is 9.93. The van der Waals surface area contributed by atoms with E-state index < -0.39 is 29.5 Å². The van der Waals surface area contributed by atoms with Crippen molar-refractivity contribution in [2.24, 2.45) is 4.99 Å². The van der Waals surface area contributed by atoms with Crippen molar-refractivity contribution in [2.75, 3.05) is 44.2 Å². The summed E-state index contributed by atoms with van der Waals surface area (Å²) in [6.45, 7) is 5.27.